The first-order valence-electron chi connectivity index (χ1n) is 14.2. The van der Waals surface area contributed by atoms with Crippen molar-refractivity contribution in [1.29, 1.82) is 0 Å². The number of aliphatic hydroxyl groups excluding tert-OH is 1. The van der Waals surface area contributed by atoms with E-state index in [0.29, 0.717) is 47.4 Å². The Morgan fingerprint density at radius 1 is 1.19 bits per heavy atom. The molecule has 0 radical (unpaired) electrons. The van der Waals surface area contributed by atoms with Crippen molar-refractivity contribution in [1.82, 2.24) is 15.2 Å². The number of amides is 2. The Morgan fingerprint density at radius 3 is 2.67 bits per heavy atom. The lowest BCUT2D eigenvalue weighted by Gasteiger charge is -2.45. The molecule has 2 aromatic carbocycles. The van der Waals surface area contributed by atoms with Crippen molar-refractivity contribution in [2.24, 2.45) is 5.41 Å². The Bertz CT molecular complexity index is 1540. The smallest absolute Gasteiger partial charge is 0.415 e. The molecular formula is C32H35Cl2N3O6. The number of H-pyrrole nitrogens is 1. The van der Waals surface area contributed by atoms with Crippen LogP contribution in [0.4, 0.5) is 4.79 Å². The van der Waals surface area contributed by atoms with Gasteiger partial charge in [-0.2, -0.15) is 0 Å². The highest BCUT2D eigenvalue weighted by atomic mass is 35.5. The van der Waals surface area contributed by atoms with Gasteiger partial charge in [-0.1, -0.05) is 36.2 Å². The maximum atomic E-state index is 13.6. The Balaban J connectivity index is 1.32. The minimum atomic E-state index is -0.740. The van der Waals surface area contributed by atoms with Crippen LogP contribution in [0, 0.1) is 5.41 Å². The molecule has 3 atom stereocenters. The van der Waals surface area contributed by atoms with Gasteiger partial charge in [-0.05, 0) is 73.0 Å². The van der Waals surface area contributed by atoms with Crippen LogP contribution in [0.1, 0.15) is 37.1 Å². The van der Waals surface area contributed by atoms with Crippen molar-refractivity contribution >= 4 is 46.1 Å². The van der Waals surface area contributed by atoms with Crippen LogP contribution in [0.25, 0.3) is 10.9 Å². The summed E-state index contributed by atoms with van der Waals surface area (Å²) in [6.07, 6.45) is 6.40. The minimum Gasteiger partial charge on any atom is -0.494 e. The Hall–Kier alpha value is -3.50. The summed E-state index contributed by atoms with van der Waals surface area (Å²) in [5.74, 6) is 0.820. The van der Waals surface area contributed by atoms with Gasteiger partial charge in [-0.15, -0.1) is 0 Å². The van der Waals surface area contributed by atoms with Gasteiger partial charge in [0.1, 0.15) is 18.1 Å². The third-order valence-corrected chi connectivity index (χ3v) is 8.36. The van der Waals surface area contributed by atoms with Crippen LogP contribution >= 0.6 is 23.2 Å². The molecule has 1 aliphatic heterocycles. The van der Waals surface area contributed by atoms with E-state index >= 15 is 0 Å². The Morgan fingerprint density at radius 2 is 1.95 bits per heavy atom. The number of nitrogens with one attached hydrogen (secondary N) is 2. The number of carbonyl (C=O) groups is 2. The molecule has 11 heteroatoms. The van der Waals surface area contributed by atoms with Gasteiger partial charge in [-0.25, -0.2) is 4.79 Å². The molecule has 0 spiro atoms. The van der Waals surface area contributed by atoms with Crippen LogP contribution < -0.4 is 10.1 Å². The summed E-state index contributed by atoms with van der Waals surface area (Å²) in [6.45, 7) is 2.94. The van der Waals surface area contributed by atoms with Crippen LogP contribution in [-0.4, -0.2) is 66.5 Å². The maximum absolute atomic E-state index is 13.6. The number of hydrogen-bond acceptors (Lipinski definition) is 6. The number of methoxy groups -OCH3 is 1. The van der Waals surface area contributed by atoms with E-state index in [0.717, 1.165) is 22.2 Å². The van der Waals surface area contributed by atoms with Gasteiger partial charge in [0.25, 0.3) is 0 Å². The lowest BCUT2D eigenvalue weighted by atomic mass is 9.72. The maximum Gasteiger partial charge on any atom is 0.415 e. The average Bonchev–Trinajstić information content (AvgIpc) is 3.35. The van der Waals surface area contributed by atoms with E-state index in [1.54, 1.807) is 29.2 Å². The minimum absolute atomic E-state index is 0.0509. The molecule has 5 rings (SSSR count). The number of rotatable bonds is 10. The van der Waals surface area contributed by atoms with E-state index in [1.165, 1.54) is 7.11 Å². The molecule has 1 aromatic heterocycles. The van der Waals surface area contributed by atoms with Crippen molar-refractivity contribution in [3.63, 3.8) is 0 Å². The summed E-state index contributed by atoms with van der Waals surface area (Å²) in [7, 11) is 1.44. The van der Waals surface area contributed by atoms with Gasteiger partial charge >= 0.3 is 6.09 Å². The number of nitrogens with zero attached hydrogens (tertiary/aromatic N) is 1. The van der Waals surface area contributed by atoms with Crippen molar-refractivity contribution < 1.29 is 28.9 Å². The first-order chi connectivity index (χ1) is 20.7. The second-order valence-corrected chi connectivity index (χ2v) is 11.9. The molecule has 2 amide bonds. The quantitative estimate of drug-likeness (QED) is 0.256. The lowest BCUT2D eigenvalue weighted by Crippen LogP contribution is -2.48. The molecule has 2 heterocycles. The SMILES string of the molecule is COCC(=O)NCC(O)CCOC1=CCC(C)([C@H]2c3[nH]c4ccc(Cl)cc4c3CCN2C(=O)Oc2ccc(Cl)cc2)C=C1. The highest BCUT2D eigenvalue weighted by molar-refractivity contribution is 6.31. The molecule has 0 saturated carbocycles. The van der Waals surface area contributed by atoms with E-state index in [2.05, 4.69) is 23.3 Å². The number of ether oxygens (including phenoxy) is 3. The molecule has 9 nitrogen and oxygen atoms in total. The van der Waals surface area contributed by atoms with Crippen molar-refractivity contribution in [3.05, 3.63) is 87.8 Å². The fourth-order valence-corrected chi connectivity index (χ4v) is 5.97. The first-order valence-corrected chi connectivity index (χ1v) is 14.9. The van der Waals surface area contributed by atoms with Gasteiger partial charge in [-0.3, -0.25) is 9.69 Å². The fraction of sp³-hybridized carbons (Fsp3) is 0.375. The van der Waals surface area contributed by atoms with Crippen molar-refractivity contribution in [3.8, 4) is 5.75 Å². The summed E-state index contributed by atoms with van der Waals surface area (Å²) >= 11 is 12.4. The van der Waals surface area contributed by atoms with Gasteiger partial charge < -0.3 is 29.6 Å². The number of aromatic amines is 1. The Kier molecular flexibility index (Phi) is 9.66. The van der Waals surface area contributed by atoms with Crippen LogP contribution in [0.2, 0.25) is 10.0 Å². The van der Waals surface area contributed by atoms with E-state index in [-0.39, 0.29) is 31.7 Å². The summed E-state index contributed by atoms with van der Waals surface area (Å²) in [4.78, 5) is 30.5. The number of aliphatic hydroxyl groups is 1. The summed E-state index contributed by atoms with van der Waals surface area (Å²) in [5.41, 5.74) is 2.58. The highest BCUT2D eigenvalue weighted by Crippen LogP contribution is 2.49. The first kappa shape index (κ1) is 30.9. The van der Waals surface area contributed by atoms with Crippen LogP contribution in [0.3, 0.4) is 0 Å². The highest BCUT2D eigenvalue weighted by Gasteiger charge is 2.45. The number of halogens is 2. The summed E-state index contributed by atoms with van der Waals surface area (Å²) in [6, 6.07) is 12.2. The molecule has 2 unspecified atom stereocenters. The fourth-order valence-electron chi connectivity index (χ4n) is 5.67. The standard InChI is InChI=1S/C32H35Cl2N3O6/c1-32(13-9-23(10-14-32)42-16-12-22(38)18-35-28(39)19-41-2)30-29-25(26-17-21(34)5-8-27(26)36-29)11-15-37(30)31(40)43-24-6-3-20(33)4-7-24/h3-10,13,17,22,30,36,38H,11-12,14-16,18-19H2,1-2H3,(H,35,39)/t22?,30-,32?/m1/s1. The second kappa shape index (κ2) is 13.4. The molecule has 43 heavy (non-hydrogen) atoms. The van der Waals surface area contributed by atoms with Gasteiger partial charge in [0.2, 0.25) is 5.91 Å². The van der Waals surface area contributed by atoms with Gasteiger partial charge in [0, 0.05) is 58.7 Å². The number of fused-ring (bicyclic) bond motifs is 3. The molecule has 1 aliphatic carbocycles. The molecule has 0 bridgehead atoms. The third kappa shape index (κ3) is 7.18. The van der Waals surface area contributed by atoms with E-state index in [4.69, 9.17) is 37.4 Å². The predicted molar refractivity (Wildman–Crippen MR) is 165 cm³/mol. The second-order valence-electron chi connectivity index (χ2n) is 11.1. The van der Waals surface area contributed by atoms with Gasteiger partial charge in [0.15, 0.2) is 0 Å². The monoisotopic (exact) mass is 627 g/mol. The molecule has 0 fully saturated rings. The van der Waals surface area contributed by atoms with Crippen LogP contribution in [-0.2, 0) is 20.7 Å². The molecule has 0 saturated heterocycles. The molecule has 3 aromatic rings. The summed E-state index contributed by atoms with van der Waals surface area (Å²) in [5, 5.41) is 15.1. The normalized spacial score (nSPS) is 20.3. The predicted octanol–water partition coefficient (Wildman–Crippen LogP) is 5.95. The van der Waals surface area contributed by atoms with Crippen molar-refractivity contribution in [2.45, 2.75) is 38.3 Å². The Labute approximate surface area is 260 Å². The van der Waals surface area contributed by atoms with Crippen molar-refractivity contribution in [2.75, 3.05) is 33.4 Å². The summed E-state index contributed by atoms with van der Waals surface area (Å²) < 4.78 is 16.5. The topological polar surface area (TPSA) is 113 Å². The lowest BCUT2D eigenvalue weighted by molar-refractivity contribution is -0.125. The number of aromatic nitrogens is 1. The average molecular weight is 629 g/mol. The van der Waals surface area contributed by atoms with E-state index in [1.807, 2.05) is 30.4 Å². The molecule has 2 aliphatic rings. The van der Waals surface area contributed by atoms with E-state index in [9.17, 15) is 14.7 Å². The van der Waals surface area contributed by atoms with Crippen LogP contribution in [0.15, 0.2) is 66.5 Å². The molecular weight excluding hydrogens is 593 g/mol. The zero-order valence-corrected chi connectivity index (χ0v) is 25.6. The number of allylic oxidation sites excluding steroid dienone is 2. The van der Waals surface area contributed by atoms with E-state index < -0.39 is 17.6 Å². The zero-order valence-electron chi connectivity index (χ0n) is 24.1. The van der Waals surface area contributed by atoms with Gasteiger partial charge in [0.05, 0.1) is 18.8 Å². The zero-order chi connectivity index (χ0) is 30.6. The number of carbonyl (C=O) groups excluding carboxylic acids is 2. The molecule has 3 N–H and O–H groups in total. The van der Waals surface area contributed by atoms with Crippen LogP contribution in [0.5, 0.6) is 5.75 Å². The number of benzene rings is 2. The third-order valence-electron chi connectivity index (χ3n) is 7.87. The largest absolute Gasteiger partial charge is 0.494 e. The number of hydrogen-bond donors (Lipinski definition) is 3. The molecule has 228 valence electrons.